The van der Waals surface area contributed by atoms with E-state index in [0.29, 0.717) is 5.88 Å². The van der Waals surface area contributed by atoms with Gasteiger partial charge in [0.2, 0.25) is 5.88 Å². The Morgan fingerprint density at radius 1 is 1.16 bits per heavy atom. The number of hydrogen-bond acceptors (Lipinski definition) is 4. The SMILES string of the molecule is CCCN(C)c1cc(Oc2ccc(C)cc2)ncn1. The van der Waals surface area contributed by atoms with Crippen molar-refractivity contribution in [2.24, 2.45) is 0 Å². The monoisotopic (exact) mass is 257 g/mol. The van der Waals surface area contributed by atoms with Gasteiger partial charge in [0, 0.05) is 19.7 Å². The van der Waals surface area contributed by atoms with Gasteiger partial charge in [-0.05, 0) is 25.5 Å². The summed E-state index contributed by atoms with van der Waals surface area (Å²) in [6.07, 6.45) is 2.61. The van der Waals surface area contributed by atoms with Crippen LogP contribution in [0.3, 0.4) is 0 Å². The summed E-state index contributed by atoms with van der Waals surface area (Å²) < 4.78 is 5.72. The number of aromatic nitrogens is 2. The van der Waals surface area contributed by atoms with Crippen LogP contribution in [0.2, 0.25) is 0 Å². The Hall–Kier alpha value is -2.10. The van der Waals surface area contributed by atoms with Crippen molar-refractivity contribution < 1.29 is 4.74 Å². The van der Waals surface area contributed by atoms with Crippen LogP contribution in [0.5, 0.6) is 11.6 Å². The van der Waals surface area contributed by atoms with E-state index in [1.54, 1.807) is 0 Å². The van der Waals surface area contributed by atoms with Crippen molar-refractivity contribution in [1.82, 2.24) is 9.97 Å². The van der Waals surface area contributed by atoms with Crippen molar-refractivity contribution >= 4 is 5.82 Å². The summed E-state index contributed by atoms with van der Waals surface area (Å²) in [6, 6.07) is 9.76. The molecule has 0 saturated carbocycles. The van der Waals surface area contributed by atoms with E-state index in [4.69, 9.17) is 4.74 Å². The summed E-state index contributed by atoms with van der Waals surface area (Å²) in [7, 11) is 2.02. The summed E-state index contributed by atoms with van der Waals surface area (Å²) in [6.45, 7) is 5.15. The second kappa shape index (κ2) is 6.18. The van der Waals surface area contributed by atoms with Gasteiger partial charge in [0.1, 0.15) is 17.9 Å². The van der Waals surface area contributed by atoms with Gasteiger partial charge in [-0.3, -0.25) is 0 Å². The number of rotatable bonds is 5. The molecule has 0 fully saturated rings. The van der Waals surface area contributed by atoms with Gasteiger partial charge >= 0.3 is 0 Å². The third kappa shape index (κ3) is 3.68. The molecule has 4 nitrogen and oxygen atoms in total. The molecule has 4 heteroatoms. The standard InChI is InChI=1S/C15H19N3O/c1-4-9-18(3)14-10-15(17-11-16-14)19-13-7-5-12(2)6-8-13/h5-8,10-11H,4,9H2,1-3H3. The maximum Gasteiger partial charge on any atom is 0.224 e. The average Bonchev–Trinajstić information content (AvgIpc) is 2.42. The van der Waals surface area contributed by atoms with Gasteiger partial charge in [-0.15, -0.1) is 0 Å². The highest BCUT2D eigenvalue weighted by Crippen LogP contribution is 2.22. The molecule has 0 aliphatic heterocycles. The maximum absolute atomic E-state index is 5.72. The van der Waals surface area contributed by atoms with Crippen LogP contribution >= 0.6 is 0 Å². The molecule has 1 heterocycles. The second-order valence-electron chi connectivity index (χ2n) is 4.55. The van der Waals surface area contributed by atoms with Gasteiger partial charge in [-0.25, -0.2) is 9.97 Å². The Balaban J connectivity index is 2.12. The summed E-state index contributed by atoms with van der Waals surface area (Å²) >= 11 is 0. The number of ether oxygens (including phenoxy) is 1. The molecule has 0 N–H and O–H groups in total. The Kier molecular flexibility index (Phi) is 4.34. The van der Waals surface area contributed by atoms with Crippen molar-refractivity contribution in [2.75, 3.05) is 18.5 Å². The molecule has 0 spiro atoms. The molecule has 2 rings (SSSR count). The zero-order chi connectivity index (χ0) is 13.7. The van der Waals surface area contributed by atoms with Crippen LogP contribution in [0.1, 0.15) is 18.9 Å². The van der Waals surface area contributed by atoms with Crippen LogP contribution in [0.15, 0.2) is 36.7 Å². The van der Waals surface area contributed by atoms with Crippen molar-refractivity contribution in [1.29, 1.82) is 0 Å². The first-order chi connectivity index (χ1) is 9.19. The second-order valence-corrected chi connectivity index (χ2v) is 4.55. The van der Waals surface area contributed by atoms with Crippen LogP contribution in [0.4, 0.5) is 5.82 Å². The van der Waals surface area contributed by atoms with E-state index in [2.05, 4.69) is 21.8 Å². The molecule has 1 aromatic heterocycles. The zero-order valence-corrected chi connectivity index (χ0v) is 11.6. The molecule has 2 aromatic rings. The molecule has 0 aliphatic rings. The first kappa shape index (κ1) is 13.3. The van der Waals surface area contributed by atoms with Gasteiger partial charge in [0.15, 0.2) is 0 Å². The van der Waals surface area contributed by atoms with E-state index in [1.165, 1.54) is 11.9 Å². The van der Waals surface area contributed by atoms with E-state index in [9.17, 15) is 0 Å². The lowest BCUT2D eigenvalue weighted by molar-refractivity contribution is 0.461. The van der Waals surface area contributed by atoms with Crippen LogP contribution in [0, 0.1) is 6.92 Å². The lowest BCUT2D eigenvalue weighted by Crippen LogP contribution is -2.19. The predicted molar refractivity (Wildman–Crippen MR) is 76.8 cm³/mol. The Morgan fingerprint density at radius 3 is 2.58 bits per heavy atom. The van der Waals surface area contributed by atoms with Gasteiger partial charge < -0.3 is 9.64 Å². The first-order valence-corrected chi connectivity index (χ1v) is 6.46. The fourth-order valence-electron chi connectivity index (χ4n) is 1.77. The number of nitrogens with zero attached hydrogens (tertiary/aromatic N) is 3. The molecular weight excluding hydrogens is 238 g/mol. The Morgan fingerprint density at radius 2 is 1.89 bits per heavy atom. The molecule has 100 valence electrons. The van der Waals surface area contributed by atoms with Gasteiger partial charge in [-0.2, -0.15) is 0 Å². The smallest absolute Gasteiger partial charge is 0.224 e. The van der Waals surface area contributed by atoms with Gasteiger partial charge in [0.05, 0.1) is 0 Å². The van der Waals surface area contributed by atoms with E-state index >= 15 is 0 Å². The highest BCUT2D eigenvalue weighted by Gasteiger charge is 2.05. The highest BCUT2D eigenvalue weighted by atomic mass is 16.5. The molecule has 19 heavy (non-hydrogen) atoms. The molecule has 0 aliphatic carbocycles. The van der Waals surface area contributed by atoms with Crippen molar-refractivity contribution in [3.05, 3.63) is 42.2 Å². The van der Waals surface area contributed by atoms with Crippen LogP contribution in [-0.4, -0.2) is 23.6 Å². The summed E-state index contributed by atoms with van der Waals surface area (Å²) in [5.41, 5.74) is 1.21. The Bertz CT molecular complexity index is 525. The minimum atomic E-state index is 0.566. The first-order valence-electron chi connectivity index (χ1n) is 6.46. The van der Waals surface area contributed by atoms with Gasteiger partial charge in [-0.1, -0.05) is 24.6 Å². The van der Waals surface area contributed by atoms with Crippen molar-refractivity contribution in [2.45, 2.75) is 20.3 Å². The van der Waals surface area contributed by atoms with Gasteiger partial charge in [0.25, 0.3) is 0 Å². The molecule has 0 radical (unpaired) electrons. The van der Waals surface area contributed by atoms with Crippen LogP contribution in [0.25, 0.3) is 0 Å². The number of benzene rings is 1. The third-order valence-electron chi connectivity index (χ3n) is 2.82. The van der Waals surface area contributed by atoms with Crippen LogP contribution in [-0.2, 0) is 0 Å². The predicted octanol–water partition coefficient (Wildman–Crippen LogP) is 3.42. The molecule has 0 saturated heterocycles. The zero-order valence-electron chi connectivity index (χ0n) is 11.6. The normalized spacial score (nSPS) is 10.3. The van der Waals surface area contributed by atoms with E-state index in [0.717, 1.165) is 24.5 Å². The topological polar surface area (TPSA) is 38.2 Å². The fourth-order valence-corrected chi connectivity index (χ4v) is 1.77. The fraction of sp³-hybridized carbons (Fsp3) is 0.333. The average molecular weight is 257 g/mol. The minimum Gasteiger partial charge on any atom is -0.439 e. The molecule has 0 atom stereocenters. The van der Waals surface area contributed by atoms with E-state index < -0.39 is 0 Å². The summed E-state index contributed by atoms with van der Waals surface area (Å²) in [5.74, 6) is 2.23. The lowest BCUT2D eigenvalue weighted by Gasteiger charge is -2.17. The maximum atomic E-state index is 5.72. The van der Waals surface area contributed by atoms with E-state index in [1.807, 2.05) is 44.3 Å². The molecule has 0 unspecified atom stereocenters. The molecule has 1 aromatic carbocycles. The molecule has 0 amide bonds. The largest absolute Gasteiger partial charge is 0.439 e. The minimum absolute atomic E-state index is 0.566. The highest BCUT2D eigenvalue weighted by molar-refractivity contribution is 5.41. The number of hydrogen-bond donors (Lipinski definition) is 0. The number of anilines is 1. The number of aryl methyl sites for hydroxylation is 1. The quantitative estimate of drug-likeness (QED) is 0.822. The lowest BCUT2D eigenvalue weighted by atomic mass is 10.2. The summed E-state index contributed by atoms with van der Waals surface area (Å²) in [5, 5.41) is 0. The van der Waals surface area contributed by atoms with E-state index in [-0.39, 0.29) is 0 Å². The molecule has 0 bridgehead atoms. The van der Waals surface area contributed by atoms with Crippen molar-refractivity contribution in [3.63, 3.8) is 0 Å². The third-order valence-corrected chi connectivity index (χ3v) is 2.82. The van der Waals surface area contributed by atoms with Crippen LogP contribution < -0.4 is 9.64 Å². The molecular formula is C15H19N3O. The van der Waals surface area contributed by atoms with Crippen molar-refractivity contribution in [3.8, 4) is 11.6 Å². The summed E-state index contributed by atoms with van der Waals surface area (Å²) in [4.78, 5) is 10.5. The Labute approximate surface area is 114 Å².